The van der Waals surface area contributed by atoms with Gasteiger partial charge in [-0.25, -0.2) is 4.98 Å². The maximum atomic E-state index is 5.40. The fourth-order valence-corrected chi connectivity index (χ4v) is 0.782. The highest BCUT2D eigenvalue weighted by Gasteiger charge is 2.04. The summed E-state index contributed by atoms with van der Waals surface area (Å²) in [6.45, 7) is 9.77. The first-order valence-corrected chi connectivity index (χ1v) is 4.85. The van der Waals surface area contributed by atoms with Gasteiger partial charge in [-0.1, -0.05) is 13.8 Å². The predicted molar refractivity (Wildman–Crippen MR) is 58.3 cm³/mol. The Morgan fingerprint density at radius 1 is 1.36 bits per heavy atom. The van der Waals surface area contributed by atoms with E-state index in [4.69, 9.17) is 10.5 Å². The zero-order chi connectivity index (χ0) is 11.1. The van der Waals surface area contributed by atoms with Crippen molar-refractivity contribution in [2.75, 3.05) is 5.73 Å². The van der Waals surface area contributed by atoms with E-state index < -0.39 is 0 Å². The second-order valence-electron chi connectivity index (χ2n) is 2.88. The summed E-state index contributed by atoms with van der Waals surface area (Å²) < 4.78 is 5.39. The molecular formula is C10H19N3O. The van der Waals surface area contributed by atoms with E-state index in [1.165, 1.54) is 0 Å². The van der Waals surface area contributed by atoms with Crippen LogP contribution in [0.2, 0.25) is 0 Å². The maximum Gasteiger partial charge on any atom is 0.223 e. The second-order valence-corrected chi connectivity index (χ2v) is 2.88. The van der Waals surface area contributed by atoms with Crippen LogP contribution in [0.15, 0.2) is 6.20 Å². The molecule has 1 aromatic heterocycles. The highest BCUT2D eigenvalue weighted by molar-refractivity contribution is 5.28. The van der Waals surface area contributed by atoms with E-state index >= 15 is 0 Å². The third kappa shape index (κ3) is 4.07. The van der Waals surface area contributed by atoms with Gasteiger partial charge in [0.15, 0.2) is 0 Å². The van der Waals surface area contributed by atoms with E-state index in [0.717, 1.165) is 5.56 Å². The minimum atomic E-state index is 0.109. The molecule has 0 unspecified atom stereocenters. The Bertz CT molecular complexity index is 274. The number of anilines is 1. The summed E-state index contributed by atoms with van der Waals surface area (Å²) in [5, 5.41) is 0. The van der Waals surface area contributed by atoms with E-state index in [0.29, 0.717) is 5.88 Å². The lowest BCUT2D eigenvalue weighted by Gasteiger charge is -2.10. The van der Waals surface area contributed by atoms with Gasteiger partial charge in [-0.15, -0.1) is 0 Å². The lowest BCUT2D eigenvalue weighted by Crippen LogP contribution is -2.09. The number of aromatic nitrogens is 2. The molecule has 2 N–H and O–H groups in total. The van der Waals surface area contributed by atoms with E-state index in [-0.39, 0.29) is 12.1 Å². The van der Waals surface area contributed by atoms with Gasteiger partial charge in [-0.3, -0.25) is 0 Å². The number of nitrogens with zero attached hydrogens (tertiary/aromatic N) is 2. The van der Waals surface area contributed by atoms with Crippen LogP contribution in [0.5, 0.6) is 5.88 Å². The molecule has 0 aliphatic heterocycles. The predicted octanol–water partition coefficient (Wildman–Crippen LogP) is 2.18. The number of aryl methyl sites for hydroxylation is 1. The molecule has 0 fully saturated rings. The molecule has 1 aromatic rings. The molecule has 4 nitrogen and oxygen atoms in total. The van der Waals surface area contributed by atoms with Gasteiger partial charge < -0.3 is 10.5 Å². The van der Waals surface area contributed by atoms with Gasteiger partial charge >= 0.3 is 0 Å². The lowest BCUT2D eigenvalue weighted by molar-refractivity contribution is 0.231. The van der Waals surface area contributed by atoms with Crippen LogP contribution in [0.4, 0.5) is 5.95 Å². The minimum Gasteiger partial charge on any atom is -0.475 e. The summed E-state index contributed by atoms with van der Waals surface area (Å²) in [4.78, 5) is 7.79. The molecule has 0 aromatic carbocycles. The fraction of sp³-hybridized carbons (Fsp3) is 0.600. The van der Waals surface area contributed by atoms with Crippen LogP contribution < -0.4 is 10.5 Å². The molecule has 1 heterocycles. The van der Waals surface area contributed by atoms with Crippen LogP contribution in [-0.4, -0.2) is 16.1 Å². The summed E-state index contributed by atoms with van der Waals surface area (Å²) in [6.07, 6.45) is 1.76. The normalized spacial score (nSPS) is 9.29. The van der Waals surface area contributed by atoms with Crippen LogP contribution in [0.3, 0.4) is 0 Å². The molecule has 0 aliphatic carbocycles. The summed E-state index contributed by atoms with van der Waals surface area (Å²) in [7, 11) is 0. The molecule has 1 rings (SSSR count). The summed E-state index contributed by atoms with van der Waals surface area (Å²) >= 11 is 0. The van der Waals surface area contributed by atoms with Gasteiger partial charge in [0.25, 0.3) is 0 Å². The van der Waals surface area contributed by atoms with Gasteiger partial charge in [0, 0.05) is 11.8 Å². The Labute approximate surface area is 85.5 Å². The van der Waals surface area contributed by atoms with Crippen LogP contribution in [-0.2, 0) is 0 Å². The van der Waals surface area contributed by atoms with Crippen molar-refractivity contribution in [3.8, 4) is 5.88 Å². The third-order valence-corrected chi connectivity index (χ3v) is 1.29. The first-order chi connectivity index (χ1) is 6.59. The molecule has 0 bridgehead atoms. The van der Waals surface area contributed by atoms with E-state index in [9.17, 15) is 0 Å². The minimum absolute atomic E-state index is 0.109. The number of rotatable bonds is 2. The van der Waals surface area contributed by atoms with Crippen molar-refractivity contribution in [1.82, 2.24) is 9.97 Å². The molecule has 0 saturated carbocycles. The second kappa shape index (κ2) is 6.18. The number of nitrogen functional groups attached to an aromatic ring is 1. The quantitative estimate of drug-likeness (QED) is 0.789. The number of hydrogen-bond acceptors (Lipinski definition) is 4. The summed E-state index contributed by atoms with van der Waals surface area (Å²) in [5.74, 6) is 0.814. The average Bonchev–Trinajstić information content (AvgIpc) is 2.14. The van der Waals surface area contributed by atoms with Gasteiger partial charge in [-0.05, 0) is 20.8 Å². The Morgan fingerprint density at radius 2 is 1.93 bits per heavy atom. The SMILES string of the molecule is CC.Cc1cnc(N)nc1OC(C)C. The molecule has 0 radical (unpaired) electrons. The Balaban J connectivity index is 0.000000791. The van der Waals surface area contributed by atoms with Gasteiger partial charge in [0.05, 0.1) is 6.10 Å². The van der Waals surface area contributed by atoms with E-state index in [1.807, 2.05) is 34.6 Å². The first kappa shape index (κ1) is 12.7. The molecule has 0 spiro atoms. The standard InChI is InChI=1S/C8H13N3O.C2H6/c1-5(2)12-7-6(3)4-10-8(9)11-7;1-2/h4-5H,1-3H3,(H2,9,10,11);1-2H3. The van der Waals surface area contributed by atoms with Crippen molar-refractivity contribution >= 4 is 5.95 Å². The monoisotopic (exact) mass is 197 g/mol. The molecule has 80 valence electrons. The van der Waals surface area contributed by atoms with Gasteiger partial charge in [-0.2, -0.15) is 4.98 Å². The molecule has 4 heteroatoms. The molecule has 0 atom stereocenters. The molecule has 0 saturated heterocycles. The maximum absolute atomic E-state index is 5.40. The number of nitrogens with two attached hydrogens (primary N) is 1. The number of ether oxygens (including phenoxy) is 1. The van der Waals surface area contributed by atoms with Gasteiger partial charge in [0.1, 0.15) is 0 Å². The van der Waals surface area contributed by atoms with Crippen LogP contribution in [0.25, 0.3) is 0 Å². The van der Waals surface area contributed by atoms with Crippen molar-refractivity contribution in [1.29, 1.82) is 0 Å². The van der Waals surface area contributed by atoms with Crippen molar-refractivity contribution in [3.05, 3.63) is 11.8 Å². The third-order valence-electron chi connectivity index (χ3n) is 1.29. The zero-order valence-corrected chi connectivity index (χ0v) is 9.53. The number of hydrogen-bond donors (Lipinski definition) is 1. The largest absolute Gasteiger partial charge is 0.475 e. The smallest absolute Gasteiger partial charge is 0.223 e. The Kier molecular flexibility index (Phi) is 5.60. The molecule has 0 amide bonds. The van der Waals surface area contributed by atoms with Crippen LogP contribution >= 0.6 is 0 Å². The highest BCUT2D eigenvalue weighted by atomic mass is 16.5. The Hall–Kier alpha value is -1.32. The topological polar surface area (TPSA) is 61.0 Å². The van der Waals surface area contributed by atoms with Gasteiger partial charge in [0.2, 0.25) is 11.8 Å². The van der Waals surface area contributed by atoms with Crippen LogP contribution in [0, 0.1) is 6.92 Å². The molecular weight excluding hydrogens is 178 g/mol. The summed E-state index contributed by atoms with van der Waals surface area (Å²) in [5.41, 5.74) is 6.30. The average molecular weight is 197 g/mol. The Morgan fingerprint density at radius 3 is 2.43 bits per heavy atom. The summed E-state index contributed by atoms with van der Waals surface area (Å²) in [6, 6.07) is 0. The molecule has 14 heavy (non-hydrogen) atoms. The van der Waals surface area contributed by atoms with Crippen molar-refractivity contribution < 1.29 is 4.74 Å². The lowest BCUT2D eigenvalue weighted by atomic mass is 10.3. The van der Waals surface area contributed by atoms with E-state index in [1.54, 1.807) is 6.20 Å². The van der Waals surface area contributed by atoms with Crippen molar-refractivity contribution in [2.24, 2.45) is 0 Å². The highest BCUT2D eigenvalue weighted by Crippen LogP contribution is 2.14. The fourth-order valence-electron chi connectivity index (χ4n) is 0.782. The first-order valence-electron chi connectivity index (χ1n) is 4.85. The zero-order valence-electron chi connectivity index (χ0n) is 9.53. The van der Waals surface area contributed by atoms with Crippen molar-refractivity contribution in [3.63, 3.8) is 0 Å². The van der Waals surface area contributed by atoms with Crippen molar-refractivity contribution in [2.45, 2.75) is 40.7 Å². The van der Waals surface area contributed by atoms with E-state index in [2.05, 4.69) is 9.97 Å². The van der Waals surface area contributed by atoms with Crippen LogP contribution in [0.1, 0.15) is 33.3 Å². The molecule has 0 aliphatic rings.